The maximum Gasteiger partial charge on any atom is 0.243 e. The van der Waals surface area contributed by atoms with Crippen LogP contribution in [0.15, 0.2) is 42.5 Å². The lowest BCUT2D eigenvalue weighted by atomic mass is 10.1. The molecule has 0 saturated heterocycles. The van der Waals surface area contributed by atoms with Gasteiger partial charge in [0, 0.05) is 12.1 Å². The third-order valence-electron chi connectivity index (χ3n) is 3.98. The molecule has 9 nitrogen and oxygen atoms in total. The molecule has 146 valence electrons. The van der Waals surface area contributed by atoms with Gasteiger partial charge in [-0.05, 0) is 22.9 Å². The topological polar surface area (TPSA) is 100 Å². The fourth-order valence-corrected chi connectivity index (χ4v) is 2.64. The Morgan fingerprint density at radius 2 is 1.71 bits per heavy atom. The number of methoxy groups -OCH3 is 3. The maximum atomic E-state index is 12.2. The van der Waals surface area contributed by atoms with Crippen LogP contribution in [0.1, 0.15) is 5.56 Å². The van der Waals surface area contributed by atoms with Gasteiger partial charge < -0.3 is 19.5 Å². The summed E-state index contributed by atoms with van der Waals surface area (Å²) >= 11 is 0. The predicted octanol–water partition coefficient (Wildman–Crippen LogP) is 1.68. The molecule has 0 radical (unpaired) electrons. The molecule has 0 fully saturated rings. The SMILES string of the molecule is COc1cc(CNC(=O)Cn2nnc(-c3ccccc3)n2)cc(OC)c1OC. The van der Waals surface area contributed by atoms with Crippen LogP contribution >= 0.6 is 0 Å². The number of carbonyl (C=O) groups excluding carboxylic acids is 1. The van der Waals surface area contributed by atoms with Crippen LogP contribution in [0.5, 0.6) is 17.2 Å². The Kier molecular flexibility index (Phi) is 6.05. The van der Waals surface area contributed by atoms with E-state index in [9.17, 15) is 4.79 Å². The zero-order valence-electron chi connectivity index (χ0n) is 15.9. The Morgan fingerprint density at radius 1 is 1.04 bits per heavy atom. The van der Waals surface area contributed by atoms with Gasteiger partial charge in [0.1, 0.15) is 6.54 Å². The van der Waals surface area contributed by atoms with Crippen LogP contribution in [-0.2, 0) is 17.9 Å². The highest BCUT2D eigenvalue weighted by atomic mass is 16.5. The number of rotatable bonds is 8. The highest BCUT2D eigenvalue weighted by Crippen LogP contribution is 2.38. The van der Waals surface area contributed by atoms with E-state index in [1.54, 1.807) is 26.4 Å². The van der Waals surface area contributed by atoms with Gasteiger partial charge in [0.25, 0.3) is 0 Å². The Balaban J connectivity index is 1.63. The Bertz CT molecular complexity index is 918. The smallest absolute Gasteiger partial charge is 0.243 e. The Morgan fingerprint density at radius 3 is 2.32 bits per heavy atom. The molecule has 3 aromatic rings. The minimum atomic E-state index is -0.245. The molecule has 28 heavy (non-hydrogen) atoms. The van der Waals surface area contributed by atoms with Gasteiger partial charge in [-0.2, -0.15) is 4.80 Å². The van der Waals surface area contributed by atoms with E-state index in [0.29, 0.717) is 23.1 Å². The fraction of sp³-hybridized carbons (Fsp3) is 0.263. The first kappa shape index (κ1) is 19.2. The molecule has 1 amide bonds. The molecule has 0 saturated carbocycles. The van der Waals surface area contributed by atoms with Gasteiger partial charge >= 0.3 is 0 Å². The van der Waals surface area contributed by atoms with Gasteiger partial charge in [-0.1, -0.05) is 30.3 Å². The second kappa shape index (κ2) is 8.85. The highest BCUT2D eigenvalue weighted by Gasteiger charge is 2.14. The lowest BCUT2D eigenvalue weighted by molar-refractivity contribution is -0.122. The number of hydrogen-bond donors (Lipinski definition) is 1. The van der Waals surface area contributed by atoms with Crippen molar-refractivity contribution < 1.29 is 19.0 Å². The standard InChI is InChI=1S/C19H21N5O4/c1-26-15-9-13(10-16(27-2)18(15)28-3)11-20-17(25)12-24-22-19(21-23-24)14-7-5-4-6-8-14/h4-10H,11-12H2,1-3H3,(H,20,25). The lowest BCUT2D eigenvalue weighted by Gasteiger charge is -2.14. The lowest BCUT2D eigenvalue weighted by Crippen LogP contribution is -2.28. The average molecular weight is 383 g/mol. The molecule has 2 aromatic carbocycles. The molecule has 0 bridgehead atoms. The molecule has 0 aliphatic heterocycles. The van der Waals surface area contributed by atoms with E-state index < -0.39 is 0 Å². The van der Waals surface area contributed by atoms with Gasteiger partial charge in [-0.15, -0.1) is 10.2 Å². The summed E-state index contributed by atoms with van der Waals surface area (Å²) in [6.45, 7) is 0.250. The first-order valence-electron chi connectivity index (χ1n) is 8.53. The monoisotopic (exact) mass is 383 g/mol. The highest BCUT2D eigenvalue weighted by molar-refractivity contribution is 5.75. The average Bonchev–Trinajstić information content (AvgIpc) is 3.20. The summed E-state index contributed by atoms with van der Waals surface area (Å²) in [5, 5.41) is 14.9. The fourth-order valence-electron chi connectivity index (χ4n) is 2.64. The summed E-state index contributed by atoms with van der Waals surface area (Å²) in [6, 6.07) is 13.0. The quantitative estimate of drug-likeness (QED) is 0.632. The molecular weight excluding hydrogens is 362 g/mol. The van der Waals surface area contributed by atoms with Crippen LogP contribution < -0.4 is 19.5 Å². The maximum absolute atomic E-state index is 12.2. The van der Waals surface area contributed by atoms with Gasteiger partial charge in [0.05, 0.1) is 21.3 Å². The number of nitrogens with zero attached hydrogens (tertiary/aromatic N) is 4. The Hall–Kier alpha value is -3.62. The number of hydrogen-bond acceptors (Lipinski definition) is 7. The molecule has 0 aliphatic carbocycles. The van der Waals surface area contributed by atoms with Crippen molar-refractivity contribution in [3.05, 3.63) is 48.0 Å². The molecule has 1 aromatic heterocycles. The molecular formula is C19H21N5O4. The first-order chi connectivity index (χ1) is 13.6. The summed E-state index contributed by atoms with van der Waals surface area (Å²) < 4.78 is 15.9. The number of amides is 1. The second-order valence-corrected chi connectivity index (χ2v) is 5.82. The largest absolute Gasteiger partial charge is 0.493 e. The Labute approximate surface area is 162 Å². The van der Waals surface area contributed by atoms with Gasteiger partial charge in [-0.3, -0.25) is 4.79 Å². The van der Waals surface area contributed by atoms with E-state index in [2.05, 4.69) is 20.7 Å². The minimum absolute atomic E-state index is 0.0374. The molecule has 9 heteroatoms. The number of ether oxygens (including phenoxy) is 3. The number of carbonyl (C=O) groups is 1. The third kappa shape index (κ3) is 4.37. The molecule has 1 N–H and O–H groups in total. The molecule has 1 heterocycles. The van der Waals surface area contributed by atoms with Crippen LogP contribution in [0.2, 0.25) is 0 Å². The zero-order valence-corrected chi connectivity index (χ0v) is 15.9. The van der Waals surface area contributed by atoms with E-state index in [4.69, 9.17) is 14.2 Å². The number of benzene rings is 2. The van der Waals surface area contributed by atoms with Crippen molar-refractivity contribution >= 4 is 5.91 Å². The van der Waals surface area contributed by atoms with Crippen molar-refractivity contribution in [3.63, 3.8) is 0 Å². The summed E-state index contributed by atoms with van der Waals surface area (Å²) in [7, 11) is 4.62. The number of tetrazole rings is 1. The van der Waals surface area contributed by atoms with Crippen LogP contribution in [0.4, 0.5) is 0 Å². The van der Waals surface area contributed by atoms with Crippen LogP contribution in [0, 0.1) is 0 Å². The van der Waals surface area contributed by atoms with Crippen LogP contribution in [-0.4, -0.2) is 47.4 Å². The van der Waals surface area contributed by atoms with Crippen molar-refractivity contribution in [2.45, 2.75) is 13.1 Å². The molecule has 0 spiro atoms. The first-order valence-corrected chi connectivity index (χ1v) is 8.53. The summed E-state index contributed by atoms with van der Waals surface area (Å²) in [6.07, 6.45) is 0. The number of aromatic nitrogens is 4. The number of nitrogens with one attached hydrogen (secondary N) is 1. The van der Waals surface area contributed by atoms with Gasteiger partial charge in [-0.25, -0.2) is 0 Å². The van der Waals surface area contributed by atoms with E-state index in [-0.39, 0.29) is 19.0 Å². The third-order valence-corrected chi connectivity index (χ3v) is 3.98. The van der Waals surface area contributed by atoms with E-state index in [1.165, 1.54) is 11.9 Å². The van der Waals surface area contributed by atoms with Gasteiger partial charge in [0.2, 0.25) is 17.5 Å². The van der Waals surface area contributed by atoms with Crippen LogP contribution in [0.3, 0.4) is 0 Å². The van der Waals surface area contributed by atoms with Crippen molar-refractivity contribution in [1.29, 1.82) is 0 Å². The van der Waals surface area contributed by atoms with E-state index in [0.717, 1.165) is 11.1 Å². The van der Waals surface area contributed by atoms with Crippen molar-refractivity contribution in [1.82, 2.24) is 25.5 Å². The predicted molar refractivity (Wildman–Crippen MR) is 101 cm³/mol. The summed E-state index contributed by atoms with van der Waals surface area (Å²) in [5.74, 6) is 1.78. The molecule has 3 rings (SSSR count). The second-order valence-electron chi connectivity index (χ2n) is 5.82. The zero-order chi connectivity index (χ0) is 19.9. The van der Waals surface area contributed by atoms with Crippen molar-refractivity contribution in [3.8, 4) is 28.6 Å². The van der Waals surface area contributed by atoms with E-state index in [1.807, 2.05) is 30.3 Å². The van der Waals surface area contributed by atoms with Gasteiger partial charge in [0.15, 0.2) is 11.5 Å². The summed E-state index contributed by atoms with van der Waals surface area (Å²) in [4.78, 5) is 13.5. The van der Waals surface area contributed by atoms with Crippen molar-refractivity contribution in [2.75, 3.05) is 21.3 Å². The van der Waals surface area contributed by atoms with Crippen molar-refractivity contribution in [2.24, 2.45) is 0 Å². The van der Waals surface area contributed by atoms with E-state index >= 15 is 0 Å². The summed E-state index contributed by atoms with van der Waals surface area (Å²) in [5.41, 5.74) is 1.64. The van der Waals surface area contributed by atoms with Crippen LogP contribution in [0.25, 0.3) is 11.4 Å². The molecule has 0 atom stereocenters. The molecule has 0 unspecified atom stereocenters. The normalized spacial score (nSPS) is 10.4. The molecule has 0 aliphatic rings. The minimum Gasteiger partial charge on any atom is -0.493 e.